The summed E-state index contributed by atoms with van der Waals surface area (Å²) in [5.74, 6) is 2.12. The van der Waals surface area contributed by atoms with Gasteiger partial charge in [-0.3, -0.25) is 4.79 Å². The molecule has 0 saturated heterocycles. The molecule has 0 aromatic heterocycles. The van der Waals surface area contributed by atoms with Gasteiger partial charge >= 0.3 is 5.97 Å². The van der Waals surface area contributed by atoms with Gasteiger partial charge in [-0.25, -0.2) is 4.79 Å². The van der Waals surface area contributed by atoms with Gasteiger partial charge in [0.25, 0.3) is 0 Å². The number of aryl methyl sites for hydroxylation is 2. The number of carbonyl (C=O) groups is 2. The predicted octanol–water partition coefficient (Wildman–Crippen LogP) is 8.07. The van der Waals surface area contributed by atoms with Crippen LogP contribution in [0.3, 0.4) is 0 Å². The second-order valence-electron chi connectivity index (χ2n) is 13.0. The van der Waals surface area contributed by atoms with Gasteiger partial charge in [-0.15, -0.1) is 0 Å². The maximum absolute atomic E-state index is 11.5. The molecule has 4 rings (SSSR count). The molecule has 2 saturated carbocycles. The first-order valence-electron chi connectivity index (χ1n) is 16.7. The van der Waals surface area contributed by atoms with Crippen LogP contribution >= 0.6 is 0 Å². The highest BCUT2D eigenvalue weighted by molar-refractivity contribution is 5.82. The van der Waals surface area contributed by atoms with Crippen molar-refractivity contribution in [3.63, 3.8) is 0 Å². The first kappa shape index (κ1) is 36.3. The van der Waals surface area contributed by atoms with Crippen LogP contribution in [-0.4, -0.2) is 40.8 Å². The fourth-order valence-corrected chi connectivity index (χ4v) is 6.01. The van der Waals surface area contributed by atoms with E-state index in [1.54, 1.807) is 6.08 Å². The summed E-state index contributed by atoms with van der Waals surface area (Å²) in [6.45, 7) is 14.2. The minimum absolute atomic E-state index is 0.108. The number of rotatable bonds is 10. The number of aliphatic hydroxyl groups is 2. The van der Waals surface area contributed by atoms with Crippen LogP contribution in [0.1, 0.15) is 120 Å². The highest BCUT2D eigenvalue weighted by Gasteiger charge is 2.27. The lowest BCUT2D eigenvalue weighted by Crippen LogP contribution is -2.20. The molecule has 0 radical (unpaired) electrons. The van der Waals surface area contributed by atoms with E-state index in [4.69, 9.17) is 14.2 Å². The summed E-state index contributed by atoms with van der Waals surface area (Å²) in [4.78, 5) is 22.8. The van der Waals surface area contributed by atoms with Crippen molar-refractivity contribution < 1.29 is 34.0 Å². The van der Waals surface area contributed by atoms with Crippen LogP contribution < -0.4 is 9.47 Å². The minimum atomic E-state index is -0.502. The lowest BCUT2D eigenvalue weighted by molar-refractivity contribution is -0.137. The molecule has 2 fully saturated rings. The molecule has 0 amide bonds. The van der Waals surface area contributed by atoms with E-state index in [2.05, 4.69) is 0 Å². The number of Topliss-reactive ketones (excluding diaryl/α,β-unsaturated/α-hetero) is 1. The lowest BCUT2D eigenvalue weighted by atomic mass is 9.80. The summed E-state index contributed by atoms with van der Waals surface area (Å²) >= 11 is 0. The number of benzene rings is 2. The fraction of sp³-hybridized carbons (Fsp3) is 0.579. The molecule has 45 heavy (non-hydrogen) atoms. The van der Waals surface area contributed by atoms with Crippen molar-refractivity contribution in [3.05, 3.63) is 70.3 Å². The smallest absolute Gasteiger partial charge is 0.330 e. The Labute approximate surface area is 270 Å². The zero-order valence-corrected chi connectivity index (χ0v) is 28.3. The third-order valence-corrected chi connectivity index (χ3v) is 8.59. The van der Waals surface area contributed by atoms with Gasteiger partial charge in [0.1, 0.15) is 17.3 Å². The average molecular weight is 623 g/mol. The first-order valence-corrected chi connectivity index (χ1v) is 16.7. The summed E-state index contributed by atoms with van der Waals surface area (Å²) in [6.07, 6.45) is 7.04. The summed E-state index contributed by atoms with van der Waals surface area (Å²) in [5, 5.41) is 21.3. The highest BCUT2D eigenvalue weighted by Crippen LogP contribution is 2.38. The van der Waals surface area contributed by atoms with Gasteiger partial charge in [0, 0.05) is 18.9 Å². The molecule has 2 aromatic rings. The van der Waals surface area contributed by atoms with Crippen molar-refractivity contribution in [2.45, 2.75) is 124 Å². The van der Waals surface area contributed by atoms with Gasteiger partial charge in [-0.05, 0) is 133 Å². The van der Waals surface area contributed by atoms with Crippen LogP contribution in [0.25, 0.3) is 0 Å². The SMILES string of the molecule is CCOC(=O)C=C1CCC(C(O)c2ccc(C)c(OC(C)C)c2)CC1.Cc1ccc(C(O)C2CCC(=O)CC2)cc1OC(C)C. The van der Waals surface area contributed by atoms with Gasteiger partial charge in [-0.1, -0.05) is 29.8 Å². The van der Waals surface area contributed by atoms with Crippen LogP contribution in [0.2, 0.25) is 0 Å². The average Bonchev–Trinajstić information content (AvgIpc) is 2.99. The standard InChI is InChI=1S/C21H30O4.C17H24O3/c1-5-24-20(22)12-16-7-10-17(11-8-16)21(23)18-9-6-15(4)19(13-18)25-14(2)3;1-11(2)20-16-10-14(5-4-12(16)3)17(19)13-6-8-15(18)9-7-13/h6,9,12-14,17,21,23H,5,7-8,10-11H2,1-4H3;4-5,10-11,13,17,19H,6-9H2,1-3H3. The first-order chi connectivity index (χ1) is 21.4. The van der Waals surface area contributed by atoms with E-state index in [0.717, 1.165) is 77.9 Å². The molecule has 2 atom stereocenters. The summed E-state index contributed by atoms with van der Waals surface area (Å²) < 4.78 is 16.6. The van der Waals surface area contributed by atoms with Gasteiger partial charge < -0.3 is 24.4 Å². The molecule has 0 bridgehead atoms. The molecule has 248 valence electrons. The number of esters is 1. The van der Waals surface area contributed by atoms with E-state index in [1.165, 1.54) is 0 Å². The quantitative estimate of drug-likeness (QED) is 0.204. The van der Waals surface area contributed by atoms with Crippen molar-refractivity contribution in [3.8, 4) is 11.5 Å². The Bertz CT molecular complexity index is 1270. The number of allylic oxidation sites excluding steroid dienone is 1. The summed E-state index contributed by atoms with van der Waals surface area (Å²) in [6, 6.07) is 11.8. The maximum Gasteiger partial charge on any atom is 0.330 e. The molecule has 7 heteroatoms. The van der Waals surface area contributed by atoms with Crippen LogP contribution in [-0.2, 0) is 14.3 Å². The van der Waals surface area contributed by atoms with Crippen molar-refractivity contribution in [1.29, 1.82) is 0 Å². The monoisotopic (exact) mass is 622 g/mol. The Morgan fingerprint density at radius 1 is 0.778 bits per heavy atom. The third-order valence-electron chi connectivity index (χ3n) is 8.59. The zero-order valence-electron chi connectivity index (χ0n) is 28.3. The predicted molar refractivity (Wildman–Crippen MR) is 177 cm³/mol. The second kappa shape index (κ2) is 17.5. The maximum atomic E-state index is 11.5. The second-order valence-corrected chi connectivity index (χ2v) is 13.0. The molecule has 0 aliphatic heterocycles. The van der Waals surface area contributed by atoms with Gasteiger partial charge in [-0.2, -0.15) is 0 Å². The Morgan fingerprint density at radius 2 is 1.20 bits per heavy atom. The molecule has 2 aromatic carbocycles. The zero-order chi connectivity index (χ0) is 33.1. The summed E-state index contributed by atoms with van der Waals surface area (Å²) in [7, 11) is 0. The molecule has 0 spiro atoms. The van der Waals surface area contributed by atoms with E-state index in [1.807, 2.05) is 84.9 Å². The normalized spacial score (nSPS) is 18.6. The van der Waals surface area contributed by atoms with E-state index in [9.17, 15) is 19.8 Å². The van der Waals surface area contributed by atoms with Crippen molar-refractivity contribution in [2.75, 3.05) is 6.61 Å². The van der Waals surface area contributed by atoms with E-state index in [-0.39, 0.29) is 30.0 Å². The summed E-state index contributed by atoms with van der Waals surface area (Å²) in [5.41, 5.74) is 5.07. The third kappa shape index (κ3) is 11.3. The van der Waals surface area contributed by atoms with E-state index >= 15 is 0 Å². The molecule has 2 aliphatic carbocycles. The molecular weight excluding hydrogens is 568 g/mol. The Kier molecular flexibility index (Phi) is 14.1. The molecule has 0 heterocycles. The molecular formula is C38H54O7. The van der Waals surface area contributed by atoms with Gasteiger partial charge in [0.2, 0.25) is 0 Å². The van der Waals surface area contributed by atoms with Crippen LogP contribution in [0, 0.1) is 25.7 Å². The Balaban J connectivity index is 0.000000251. The van der Waals surface area contributed by atoms with Crippen LogP contribution in [0.15, 0.2) is 48.0 Å². The van der Waals surface area contributed by atoms with Crippen molar-refractivity contribution >= 4 is 11.8 Å². The number of hydrogen-bond donors (Lipinski definition) is 2. The number of aliphatic hydroxyl groups excluding tert-OH is 2. The molecule has 2 aliphatic rings. The molecule has 2 N–H and O–H groups in total. The van der Waals surface area contributed by atoms with Gasteiger partial charge in [0.15, 0.2) is 0 Å². The number of ketones is 1. The Morgan fingerprint density at radius 3 is 1.60 bits per heavy atom. The number of hydrogen-bond acceptors (Lipinski definition) is 7. The lowest BCUT2D eigenvalue weighted by Gasteiger charge is -2.28. The topological polar surface area (TPSA) is 102 Å². The largest absolute Gasteiger partial charge is 0.491 e. The van der Waals surface area contributed by atoms with Crippen molar-refractivity contribution in [2.24, 2.45) is 11.8 Å². The number of carbonyl (C=O) groups excluding carboxylic acids is 2. The number of ether oxygens (including phenoxy) is 3. The minimum Gasteiger partial charge on any atom is -0.491 e. The highest BCUT2D eigenvalue weighted by atomic mass is 16.5. The van der Waals surface area contributed by atoms with E-state index < -0.39 is 12.2 Å². The van der Waals surface area contributed by atoms with Crippen LogP contribution in [0.4, 0.5) is 0 Å². The van der Waals surface area contributed by atoms with E-state index in [0.29, 0.717) is 25.2 Å². The fourth-order valence-electron chi connectivity index (χ4n) is 6.01. The van der Waals surface area contributed by atoms with Crippen LogP contribution in [0.5, 0.6) is 11.5 Å². The van der Waals surface area contributed by atoms with Crippen molar-refractivity contribution in [1.82, 2.24) is 0 Å². The molecule has 2 unspecified atom stereocenters. The molecule has 7 nitrogen and oxygen atoms in total. The Hall–Kier alpha value is -3.16. The van der Waals surface area contributed by atoms with Gasteiger partial charge in [0.05, 0.1) is 31.0 Å².